The maximum absolute atomic E-state index is 2.37. The van der Waals surface area contributed by atoms with Gasteiger partial charge in [-0.3, -0.25) is 0 Å². The van der Waals surface area contributed by atoms with Gasteiger partial charge in [0.05, 0.1) is 11.0 Å². The Hall–Kier alpha value is -4.92. The molecule has 0 radical (unpaired) electrons. The molecule has 0 fully saturated rings. The highest BCUT2D eigenvalue weighted by Gasteiger charge is 2.17. The summed E-state index contributed by atoms with van der Waals surface area (Å²) in [4.78, 5) is 1.32. The minimum absolute atomic E-state index is 1.18. The van der Waals surface area contributed by atoms with Gasteiger partial charge in [0.15, 0.2) is 0 Å². The minimum Gasteiger partial charge on any atom is -0.309 e. The van der Waals surface area contributed by atoms with Crippen LogP contribution in [-0.2, 0) is 0 Å². The molecule has 0 aliphatic heterocycles. The molecule has 40 heavy (non-hydrogen) atoms. The molecule has 0 bridgehead atoms. The van der Waals surface area contributed by atoms with Gasteiger partial charge in [-0.1, -0.05) is 115 Å². The summed E-state index contributed by atoms with van der Waals surface area (Å²) in [7, 11) is 0. The lowest BCUT2D eigenvalue weighted by Gasteiger charge is -2.10. The van der Waals surface area contributed by atoms with E-state index in [1.807, 2.05) is 11.3 Å². The Kier molecular flexibility index (Phi) is 5.39. The summed E-state index contributed by atoms with van der Waals surface area (Å²) >= 11 is 1.88. The van der Waals surface area contributed by atoms with Crippen molar-refractivity contribution in [3.05, 3.63) is 152 Å². The number of fused-ring (bicyclic) bond motifs is 4. The summed E-state index contributed by atoms with van der Waals surface area (Å²) < 4.78 is 3.68. The normalized spacial score (nSPS) is 11.5. The van der Waals surface area contributed by atoms with E-state index < -0.39 is 0 Å². The van der Waals surface area contributed by atoms with E-state index in [4.69, 9.17) is 0 Å². The molecule has 0 spiro atoms. The summed E-state index contributed by atoms with van der Waals surface area (Å²) in [6, 6.07) is 54.8. The molecule has 0 aliphatic rings. The lowest BCUT2D eigenvalue weighted by molar-refractivity contribution is 1.18. The molecule has 2 aromatic heterocycles. The Balaban J connectivity index is 1.27. The second-order valence-electron chi connectivity index (χ2n) is 10.2. The summed E-state index contributed by atoms with van der Waals surface area (Å²) in [5.41, 5.74) is 9.93. The molecule has 0 atom stereocenters. The van der Waals surface area contributed by atoms with Gasteiger partial charge in [0, 0.05) is 37.0 Å². The highest BCUT2D eigenvalue weighted by molar-refractivity contribution is 7.23. The molecule has 0 saturated carbocycles. The molecule has 188 valence electrons. The summed E-state index contributed by atoms with van der Waals surface area (Å²) in [6.07, 6.45) is 0. The molecular weight excluding hydrogens is 502 g/mol. The number of thiophene rings is 1. The maximum Gasteiger partial charge on any atom is 0.0541 e. The highest BCUT2D eigenvalue weighted by atomic mass is 32.1. The first kappa shape index (κ1) is 23.0. The smallest absolute Gasteiger partial charge is 0.0541 e. The van der Waals surface area contributed by atoms with Gasteiger partial charge < -0.3 is 4.57 Å². The second-order valence-corrected chi connectivity index (χ2v) is 11.2. The predicted molar refractivity (Wildman–Crippen MR) is 172 cm³/mol. The average Bonchev–Trinajstić information content (AvgIpc) is 3.58. The number of aromatic nitrogens is 1. The quantitative estimate of drug-likeness (QED) is 0.214. The Labute approximate surface area is 237 Å². The van der Waals surface area contributed by atoms with E-state index in [1.165, 1.54) is 70.3 Å². The highest BCUT2D eigenvalue weighted by Crippen LogP contribution is 2.46. The largest absolute Gasteiger partial charge is 0.309 e. The summed E-state index contributed by atoms with van der Waals surface area (Å²) in [5, 5.41) is 3.87. The third-order valence-corrected chi connectivity index (χ3v) is 9.05. The van der Waals surface area contributed by atoms with Crippen LogP contribution in [0.3, 0.4) is 0 Å². The molecule has 8 aromatic rings. The van der Waals surface area contributed by atoms with Gasteiger partial charge in [0.2, 0.25) is 0 Å². The van der Waals surface area contributed by atoms with Crippen molar-refractivity contribution in [1.29, 1.82) is 0 Å². The zero-order valence-corrected chi connectivity index (χ0v) is 22.6. The van der Waals surface area contributed by atoms with Crippen LogP contribution in [0.25, 0.3) is 70.3 Å². The summed E-state index contributed by atoms with van der Waals surface area (Å²) in [5.74, 6) is 0. The monoisotopic (exact) mass is 527 g/mol. The number of nitrogens with zero attached hydrogens (tertiary/aromatic N) is 1. The number of benzene rings is 6. The van der Waals surface area contributed by atoms with Gasteiger partial charge in [-0.15, -0.1) is 11.3 Å². The zero-order valence-electron chi connectivity index (χ0n) is 21.8. The van der Waals surface area contributed by atoms with Gasteiger partial charge in [-0.25, -0.2) is 0 Å². The number of hydrogen-bond donors (Lipinski definition) is 0. The first-order chi connectivity index (χ1) is 19.8. The van der Waals surface area contributed by atoms with Crippen molar-refractivity contribution in [1.82, 2.24) is 4.57 Å². The van der Waals surface area contributed by atoms with Crippen LogP contribution in [-0.4, -0.2) is 4.57 Å². The van der Waals surface area contributed by atoms with E-state index in [0.29, 0.717) is 0 Å². The van der Waals surface area contributed by atoms with Crippen molar-refractivity contribution in [2.24, 2.45) is 0 Å². The topological polar surface area (TPSA) is 4.93 Å². The van der Waals surface area contributed by atoms with Crippen LogP contribution in [0.15, 0.2) is 152 Å². The van der Waals surface area contributed by atoms with Crippen LogP contribution in [0.4, 0.5) is 0 Å². The van der Waals surface area contributed by atoms with E-state index in [9.17, 15) is 0 Å². The fourth-order valence-corrected chi connectivity index (χ4v) is 7.18. The fraction of sp³-hybridized carbons (Fsp3) is 0. The molecule has 2 heterocycles. The van der Waals surface area contributed by atoms with Crippen LogP contribution in [0.5, 0.6) is 0 Å². The third-order valence-electron chi connectivity index (χ3n) is 7.83. The van der Waals surface area contributed by atoms with Crippen LogP contribution in [0.2, 0.25) is 0 Å². The molecular formula is C38H25NS. The van der Waals surface area contributed by atoms with Crippen LogP contribution in [0.1, 0.15) is 0 Å². The SMILES string of the molecule is c1ccc(-c2sc3ccc(-c4ccc(-n5c6ccccc6c6ccccc65)cc4)cc3c2-c2ccccc2)cc1. The standard InChI is InChI=1S/C38H25NS/c1-3-11-27(12-4-1)37-33-25-29(21-24-36(33)40-38(37)28-13-5-2-6-14-28)26-19-22-30(23-20-26)39-34-17-9-7-15-31(34)32-16-8-10-18-35(32)39/h1-25H. The van der Waals surface area contributed by atoms with Crippen molar-refractivity contribution in [2.45, 2.75) is 0 Å². The zero-order chi connectivity index (χ0) is 26.5. The van der Waals surface area contributed by atoms with E-state index >= 15 is 0 Å². The maximum atomic E-state index is 2.37. The first-order valence-corrected chi connectivity index (χ1v) is 14.4. The minimum atomic E-state index is 1.18. The van der Waals surface area contributed by atoms with Crippen LogP contribution in [0, 0.1) is 0 Å². The van der Waals surface area contributed by atoms with Crippen LogP contribution >= 0.6 is 11.3 Å². The van der Waals surface area contributed by atoms with E-state index in [0.717, 1.165) is 0 Å². The van der Waals surface area contributed by atoms with Gasteiger partial charge >= 0.3 is 0 Å². The lowest BCUT2D eigenvalue weighted by Crippen LogP contribution is -1.93. The van der Waals surface area contributed by atoms with E-state index in [2.05, 4.69) is 156 Å². The molecule has 1 nitrogen and oxygen atoms in total. The van der Waals surface area contributed by atoms with Crippen molar-refractivity contribution < 1.29 is 0 Å². The first-order valence-electron chi connectivity index (χ1n) is 13.6. The summed E-state index contributed by atoms with van der Waals surface area (Å²) in [6.45, 7) is 0. The number of para-hydroxylation sites is 2. The Morgan fingerprint density at radius 2 is 0.950 bits per heavy atom. The van der Waals surface area contributed by atoms with Gasteiger partial charge in [-0.05, 0) is 58.7 Å². The van der Waals surface area contributed by atoms with E-state index in [-0.39, 0.29) is 0 Å². The Morgan fingerprint density at radius 3 is 1.60 bits per heavy atom. The Bertz CT molecular complexity index is 2080. The lowest BCUT2D eigenvalue weighted by atomic mass is 9.96. The fourth-order valence-electron chi connectivity index (χ4n) is 5.97. The second kappa shape index (κ2) is 9.37. The molecule has 0 unspecified atom stereocenters. The molecule has 0 amide bonds. The van der Waals surface area contributed by atoms with Gasteiger partial charge in [0.25, 0.3) is 0 Å². The number of rotatable bonds is 4. The average molecular weight is 528 g/mol. The predicted octanol–water partition coefficient (Wildman–Crippen LogP) is 11.0. The van der Waals surface area contributed by atoms with Crippen LogP contribution < -0.4 is 0 Å². The molecule has 8 rings (SSSR count). The van der Waals surface area contributed by atoms with Crippen molar-refractivity contribution >= 4 is 43.2 Å². The molecule has 0 N–H and O–H groups in total. The van der Waals surface area contributed by atoms with E-state index in [1.54, 1.807) is 0 Å². The number of hydrogen-bond acceptors (Lipinski definition) is 1. The molecule has 6 aromatic carbocycles. The molecule has 0 saturated heterocycles. The Morgan fingerprint density at radius 1 is 0.400 bits per heavy atom. The van der Waals surface area contributed by atoms with Gasteiger partial charge in [0.1, 0.15) is 0 Å². The third kappa shape index (κ3) is 3.69. The molecule has 2 heteroatoms. The molecule has 0 aliphatic carbocycles. The van der Waals surface area contributed by atoms with Crippen molar-refractivity contribution in [2.75, 3.05) is 0 Å². The van der Waals surface area contributed by atoms with Crippen molar-refractivity contribution in [3.8, 4) is 38.4 Å². The van der Waals surface area contributed by atoms with Crippen molar-refractivity contribution in [3.63, 3.8) is 0 Å². The van der Waals surface area contributed by atoms with Gasteiger partial charge in [-0.2, -0.15) is 0 Å².